The Balaban J connectivity index is 1.85. The second kappa shape index (κ2) is 4.00. The Morgan fingerprint density at radius 2 is 1.88 bits per heavy atom. The molecule has 0 aliphatic heterocycles. The smallest absolute Gasteiger partial charge is 0.309 e. The first-order valence-corrected chi connectivity index (χ1v) is 7.41. The third-order valence-electron chi connectivity index (χ3n) is 5.89. The normalized spacial score (nSPS) is 48.8. The highest BCUT2D eigenvalue weighted by molar-refractivity contribution is 5.76. The van der Waals surface area contributed by atoms with E-state index in [0.717, 1.165) is 24.7 Å². The summed E-state index contributed by atoms with van der Waals surface area (Å²) >= 11 is 0. The van der Waals surface area contributed by atoms with Gasteiger partial charge in [-0.2, -0.15) is 0 Å². The minimum Gasteiger partial charge on any atom is -0.481 e. The summed E-state index contributed by atoms with van der Waals surface area (Å²) in [6.07, 6.45) is 9.49. The zero-order valence-corrected chi connectivity index (χ0v) is 10.8. The van der Waals surface area contributed by atoms with Crippen LogP contribution in [0.25, 0.3) is 0 Å². The second-order valence-corrected chi connectivity index (χ2v) is 6.68. The number of hydrogen-bond donors (Lipinski definition) is 1. The average molecular weight is 236 g/mol. The van der Waals surface area contributed by atoms with E-state index < -0.39 is 5.97 Å². The molecule has 0 bridgehead atoms. The zero-order valence-electron chi connectivity index (χ0n) is 10.8. The molecule has 2 nitrogen and oxygen atoms in total. The standard InChI is InChI=1S/C15H24O2/c1-2-10-5-3-4-6-13(10)15(14(16)17)8-11-7-12(11)9-15/h10-13H,2-9H2,1H3,(H,16,17). The van der Waals surface area contributed by atoms with Crippen LogP contribution in [0.5, 0.6) is 0 Å². The lowest BCUT2D eigenvalue weighted by molar-refractivity contribution is -0.156. The average Bonchev–Trinajstić information content (AvgIpc) is 2.96. The van der Waals surface area contributed by atoms with Gasteiger partial charge in [-0.1, -0.05) is 32.6 Å². The van der Waals surface area contributed by atoms with Crippen molar-refractivity contribution in [3.63, 3.8) is 0 Å². The van der Waals surface area contributed by atoms with Gasteiger partial charge in [0, 0.05) is 0 Å². The molecule has 3 saturated carbocycles. The molecule has 0 heterocycles. The van der Waals surface area contributed by atoms with Gasteiger partial charge in [-0.15, -0.1) is 0 Å². The lowest BCUT2D eigenvalue weighted by Crippen LogP contribution is -2.42. The summed E-state index contributed by atoms with van der Waals surface area (Å²) in [6, 6.07) is 0. The Morgan fingerprint density at radius 1 is 1.24 bits per heavy atom. The van der Waals surface area contributed by atoms with Gasteiger partial charge in [0.1, 0.15) is 0 Å². The van der Waals surface area contributed by atoms with Crippen LogP contribution in [0.2, 0.25) is 0 Å². The summed E-state index contributed by atoms with van der Waals surface area (Å²) in [5, 5.41) is 9.77. The number of fused-ring (bicyclic) bond motifs is 1. The number of rotatable bonds is 3. The largest absolute Gasteiger partial charge is 0.481 e. The maximum absolute atomic E-state index is 11.9. The Bertz CT molecular complexity index is 313. The van der Waals surface area contributed by atoms with Gasteiger partial charge in [0.2, 0.25) is 0 Å². The second-order valence-electron chi connectivity index (χ2n) is 6.68. The van der Waals surface area contributed by atoms with Crippen molar-refractivity contribution < 1.29 is 9.90 Å². The van der Waals surface area contributed by atoms with Gasteiger partial charge in [-0.3, -0.25) is 4.79 Å². The van der Waals surface area contributed by atoms with Crippen LogP contribution >= 0.6 is 0 Å². The van der Waals surface area contributed by atoms with E-state index in [0.29, 0.717) is 11.8 Å². The number of hydrogen-bond acceptors (Lipinski definition) is 1. The predicted octanol–water partition coefficient (Wildman–Crippen LogP) is 3.70. The molecule has 0 aromatic rings. The SMILES string of the molecule is CCC1CCCCC1C1(C(=O)O)CC2CC2C1. The molecule has 17 heavy (non-hydrogen) atoms. The molecule has 2 heteroatoms. The number of carboxylic acid groups (broad SMARTS) is 1. The Morgan fingerprint density at radius 3 is 2.47 bits per heavy atom. The first-order valence-electron chi connectivity index (χ1n) is 7.41. The van der Waals surface area contributed by atoms with Crippen LogP contribution in [-0.4, -0.2) is 11.1 Å². The molecule has 3 rings (SSSR count). The fourth-order valence-corrected chi connectivity index (χ4v) is 4.89. The molecule has 0 saturated heterocycles. The third kappa shape index (κ3) is 1.71. The monoisotopic (exact) mass is 236 g/mol. The molecule has 4 atom stereocenters. The van der Waals surface area contributed by atoms with E-state index in [1.165, 1.54) is 38.5 Å². The van der Waals surface area contributed by atoms with Gasteiger partial charge in [-0.05, 0) is 49.4 Å². The Labute approximate surface area is 104 Å². The van der Waals surface area contributed by atoms with E-state index in [-0.39, 0.29) is 5.41 Å². The molecule has 0 spiro atoms. The van der Waals surface area contributed by atoms with E-state index in [4.69, 9.17) is 0 Å². The maximum atomic E-state index is 11.9. The van der Waals surface area contributed by atoms with Crippen LogP contribution in [0, 0.1) is 29.1 Å². The van der Waals surface area contributed by atoms with Crippen LogP contribution in [0.15, 0.2) is 0 Å². The third-order valence-corrected chi connectivity index (χ3v) is 5.89. The lowest BCUT2D eigenvalue weighted by atomic mass is 9.61. The van der Waals surface area contributed by atoms with Crippen molar-refractivity contribution in [2.45, 2.75) is 58.3 Å². The molecule has 4 unspecified atom stereocenters. The van der Waals surface area contributed by atoms with Gasteiger partial charge >= 0.3 is 5.97 Å². The molecule has 1 N–H and O–H groups in total. The van der Waals surface area contributed by atoms with E-state index >= 15 is 0 Å². The van der Waals surface area contributed by atoms with Crippen molar-refractivity contribution in [1.82, 2.24) is 0 Å². The van der Waals surface area contributed by atoms with Gasteiger partial charge in [0.05, 0.1) is 5.41 Å². The molecular weight excluding hydrogens is 212 g/mol. The fourth-order valence-electron chi connectivity index (χ4n) is 4.89. The molecule has 0 aromatic carbocycles. The van der Waals surface area contributed by atoms with Crippen molar-refractivity contribution in [1.29, 1.82) is 0 Å². The molecule has 0 radical (unpaired) electrons. The van der Waals surface area contributed by atoms with Gasteiger partial charge in [0.15, 0.2) is 0 Å². The minimum absolute atomic E-state index is 0.325. The van der Waals surface area contributed by atoms with Crippen LogP contribution in [-0.2, 0) is 4.79 Å². The van der Waals surface area contributed by atoms with Gasteiger partial charge < -0.3 is 5.11 Å². The van der Waals surface area contributed by atoms with Crippen molar-refractivity contribution in [2.24, 2.45) is 29.1 Å². The van der Waals surface area contributed by atoms with Crippen molar-refractivity contribution >= 4 is 5.97 Å². The number of carbonyl (C=O) groups is 1. The van der Waals surface area contributed by atoms with Crippen molar-refractivity contribution in [3.8, 4) is 0 Å². The first kappa shape index (κ1) is 11.6. The van der Waals surface area contributed by atoms with Crippen LogP contribution in [0.3, 0.4) is 0 Å². The van der Waals surface area contributed by atoms with Crippen molar-refractivity contribution in [2.75, 3.05) is 0 Å². The fraction of sp³-hybridized carbons (Fsp3) is 0.933. The Hall–Kier alpha value is -0.530. The molecule has 96 valence electrons. The topological polar surface area (TPSA) is 37.3 Å². The summed E-state index contributed by atoms with van der Waals surface area (Å²) in [4.78, 5) is 11.9. The van der Waals surface area contributed by atoms with Crippen LogP contribution in [0.1, 0.15) is 58.3 Å². The predicted molar refractivity (Wildman–Crippen MR) is 66.6 cm³/mol. The maximum Gasteiger partial charge on any atom is 0.309 e. The highest BCUT2D eigenvalue weighted by atomic mass is 16.4. The number of carboxylic acids is 1. The zero-order chi connectivity index (χ0) is 12.0. The lowest BCUT2D eigenvalue weighted by Gasteiger charge is -2.42. The van der Waals surface area contributed by atoms with Crippen LogP contribution in [0.4, 0.5) is 0 Å². The molecule has 0 aromatic heterocycles. The quantitative estimate of drug-likeness (QED) is 0.811. The summed E-state index contributed by atoms with van der Waals surface area (Å²) in [5.41, 5.74) is -0.325. The molecular formula is C15H24O2. The summed E-state index contributed by atoms with van der Waals surface area (Å²) in [7, 11) is 0. The summed E-state index contributed by atoms with van der Waals surface area (Å²) < 4.78 is 0. The molecule has 3 aliphatic carbocycles. The first-order chi connectivity index (χ1) is 8.17. The summed E-state index contributed by atoms with van der Waals surface area (Å²) in [5.74, 6) is 2.22. The van der Waals surface area contributed by atoms with E-state index in [1.807, 2.05) is 0 Å². The van der Waals surface area contributed by atoms with Crippen molar-refractivity contribution in [3.05, 3.63) is 0 Å². The van der Waals surface area contributed by atoms with Gasteiger partial charge in [0.25, 0.3) is 0 Å². The minimum atomic E-state index is -0.477. The summed E-state index contributed by atoms with van der Waals surface area (Å²) in [6.45, 7) is 2.24. The molecule has 3 fully saturated rings. The number of aliphatic carboxylic acids is 1. The molecule has 3 aliphatic rings. The van der Waals surface area contributed by atoms with E-state index in [2.05, 4.69) is 6.92 Å². The van der Waals surface area contributed by atoms with Gasteiger partial charge in [-0.25, -0.2) is 0 Å². The van der Waals surface area contributed by atoms with E-state index in [9.17, 15) is 9.90 Å². The molecule has 0 amide bonds. The highest BCUT2D eigenvalue weighted by Crippen LogP contribution is 2.65. The Kier molecular flexibility index (Phi) is 2.72. The highest BCUT2D eigenvalue weighted by Gasteiger charge is 2.61. The van der Waals surface area contributed by atoms with E-state index in [1.54, 1.807) is 0 Å². The van der Waals surface area contributed by atoms with Crippen LogP contribution < -0.4 is 0 Å².